The molecule has 6 heteroatoms. The summed E-state index contributed by atoms with van der Waals surface area (Å²) in [7, 11) is 0. The zero-order valence-electron chi connectivity index (χ0n) is 8.19. The van der Waals surface area contributed by atoms with Gasteiger partial charge in [0.2, 0.25) is 0 Å². The maximum absolute atomic E-state index is 12.0. The first kappa shape index (κ1) is 10.7. The first-order valence-electron chi connectivity index (χ1n) is 4.61. The highest BCUT2D eigenvalue weighted by molar-refractivity contribution is 5.66. The van der Waals surface area contributed by atoms with E-state index in [1.807, 2.05) is 0 Å². The van der Waals surface area contributed by atoms with Gasteiger partial charge >= 0.3 is 12.7 Å². The Morgan fingerprint density at radius 3 is 2.69 bits per heavy atom. The predicted octanol–water partition coefficient (Wildman–Crippen LogP) is 2.28. The summed E-state index contributed by atoms with van der Waals surface area (Å²) in [5.74, 6) is 0.0565. The summed E-state index contributed by atoms with van der Waals surface area (Å²) in [6.07, 6.45) is -1.02. The molecule has 0 bridgehead atoms. The van der Waals surface area contributed by atoms with Crippen LogP contribution in [-0.4, -0.2) is 22.7 Å². The number of rotatable bonds is 2. The van der Waals surface area contributed by atoms with E-state index in [-0.39, 0.29) is 12.3 Å². The normalized spacial score (nSPS) is 14.1. The molecule has 1 aliphatic rings. The van der Waals surface area contributed by atoms with Crippen LogP contribution in [-0.2, 0) is 13.1 Å². The summed E-state index contributed by atoms with van der Waals surface area (Å²) in [6.45, 7) is -2.36. The van der Waals surface area contributed by atoms with Gasteiger partial charge in [-0.2, -0.15) is 8.78 Å². The molecule has 0 aliphatic carbocycles. The van der Waals surface area contributed by atoms with Crippen LogP contribution in [0.2, 0.25) is 0 Å². The van der Waals surface area contributed by atoms with E-state index in [0.29, 0.717) is 12.1 Å². The van der Waals surface area contributed by atoms with E-state index in [1.54, 1.807) is 6.07 Å². The molecule has 1 heterocycles. The van der Waals surface area contributed by atoms with Crippen molar-refractivity contribution in [1.29, 1.82) is 0 Å². The lowest BCUT2D eigenvalue weighted by molar-refractivity contribution is -0.0498. The Balaban J connectivity index is 2.17. The van der Waals surface area contributed by atoms with Crippen molar-refractivity contribution in [3.05, 3.63) is 29.3 Å². The lowest BCUT2D eigenvalue weighted by Gasteiger charge is -2.08. The van der Waals surface area contributed by atoms with Crippen LogP contribution >= 0.6 is 0 Å². The maximum Gasteiger partial charge on any atom is 0.407 e. The topological polar surface area (TPSA) is 49.8 Å². The van der Waals surface area contributed by atoms with Crippen LogP contribution in [0.5, 0.6) is 5.75 Å². The molecule has 1 aromatic carbocycles. The molecule has 0 radical (unpaired) electrons. The minimum atomic E-state index is -2.87. The SMILES string of the molecule is O=C(O)N1Cc2ccc(OC(F)F)cc2C1. The van der Waals surface area contributed by atoms with E-state index in [2.05, 4.69) is 4.74 Å². The molecule has 0 aromatic heterocycles. The second kappa shape index (κ2) is 3.96. The highest BCUT2D eigenvalue weighted by atomic mass is 19.3. The Kier molecular flexibility index (Phi) is 2.64. The van der Waals surface area contributed by atoms with Gasteiger partial charge in [0.05, 0.1) is 0 Å². The average molecular weight is 229 g/mol. The zero-order chi connectivity index (χ0) is 11.7. The van der Waals surface area contributed by atoms with E-state index >= 15 is 0 Å². The van der Waals surface area contributed by atoms with Crippen molar-refractivity contribution in [2.75, 3.05) is 0 Å². The molecule has 0 atom stereocenters. The van der Waals surface area contributed by atoms with Crippen LogP contribution < -0.4 is 4.74 Å². The Hall–Kier alpha value is -1.85. The van der Waals surface area contributed by atoms with Gasteiger partial charge in [0.1, 0.15) is 5.75 Å². The van der Waals surface area contributed by atoms with Gasteiger partial charge in [-0.3, -0.25) is 4.90 Å². The highest BCUT2D eigenvalue weighted by Crippen LogP contribution is 2.27. The van der Waals surface area contributed by atoms with Gasteiger partial charge in [-0.1, -0.05) is 6.07 Å². The van der Waals surface area contributed by atoms with Gasteiger partial charge in [-0.25, -0.2) is 4.79 Å². The van der Waals surface area contributed by atoms with Gasteiger partial charge in [0, 0.05) is 13.1 Å². The molecule has 0 unspecified atom stereocenters. The minimum Gasteiger partial charge on any atom is -0.465 e. The fourth-order valence-corrected chi connectivity index (χ4v) is 1.68. The van der Waals surface area contributed by atoms with Gasteiger partial charge < -0.3 is 9.84 Å². The van der Waals surface area contributed by atoms with Crippen molar-refractivity contribution < 1.29 is 23.4 Å². The van der Waals surface area contributed by atoms with Gasteiger partial charge in [0.25, 0.3) is 0 Å². The van der Waals surface area contributed by atoms with Crippen molar-refractivity contribution in [2.45, 2.75) is 19.7 Å². The third-order valence-electron chi connectivity index (χ3n) is 2.40. The molecule has 2 rings (SSSR count). The first-order valence-corrected chi connectivity index (χ1v) is 4.61. The quantitative estimate of drug-likeness (QED) is 0.846. The molecule has 0 fully saturated rings. The van der Waals surface area contributed by atoms with Crippen molar-refractivity contribution in [3.63, 3.8) is 0 Å². The number of hydrogen-bond donors (Lipinski definition) is 1. The lowest BCUT2D eigenvalue weighted by Crippen LogP contribution is -2.22. The molecule has 4 nitrogen and oxygen atoms in total. The second-order valence-electron chi connectivity index (χ2n) is 3.45. The molecule has 1 aromatic rings. The van der Waals surface area contributed by atoms with Crippen molar-refractivity contribution in [3.8, 4) is 5.75 Å². The first-order chi connectivity index (χ1) is 7.56. The third kappa shape index (κ3) is 2.05. The van der Waals surface area contributed by atoms with E-state index in [4.69, 9.17) is 5.11 Å². The molecule has 1 aliphatic heterocycles. The zero-order valence-corrected chi connectivity index (χ0v) is 8.19. The van der Waals surface area contributed by atoms with Gasteiger partial charge in [-0.15, -0.1) is 0 Å². The van der Waals surface area contributed by atoms with Crippen molar-refractivity contribution in [2.24, 2.45) is 0 Å². The van der Waals surface area contributed by atoms with E-state index in [0.717, 1.165) is 5.56 Å². The Bertz CT molecular complexity index is 423. The molecule has 0 saturated heterocycles. The lowest BCUT2D eigenvalue weighted by atomic mass is 10.1. The van der Waals surface area contributed by atoms with E-state index in [1.165, 1.54) is 17.0 Å². The summed E-state index contributed by atoms with van der Waals surface area (Å²) >= 11 is 0. The van der Waals surface area contributed by atoms with Gasteiger partial charge in [-0.05, 0) is 23.3 Å². The minimum absolute atomic E-state index is 0.0565. The number of carbonyl (C=O) groups is 1. The summed E-state index contributed by atoms with van der Waals surface area (Å²) in [4.78, 5) is 11.9. The number of halogens is 2. The fraction of sp³-hybridized carbons (Fsp3) is 0.300. The standard InChI is InChI=1S/C10H9F2NO3/c11-9(12)16-8-2-1-6-4-13(10(14)15)5-7(6)3-8/h1-3,9H,4-5H2,(H,14,15). The van der Waals surface area contributed by atoms with E-state index < -0.39 is 12.7 Å². The van der Waals surface area contributed by atoms with Gasteiger partial charge in [0.15, 0.2) is 0 Å². The molecular formula is C10H9F2NO3. The average Bonchev–Trinajstić information content (AvgIpc) is 2.59. The molecule has 0 saturated carbocycles. The number of ether oxygens (including phenoxy) is 1. The Morgan fingerprint density at radius 1 is 1.38 bits per heavy atom. The number of carboxylic acid groups (broad SMARTS) is 1. The Labute approximate surface area is 90.0 Å². The Morgan fingerprint density at radius 2 is 2.06 bits per heavy atom. The summed E-state index contributed by atoms with van der Waals surface area (Å²) in [5.41, 5.74) is 1.53. The number of hydrogen-bond acceptors (Lipinski definition) is 2. The van der Waals surface area contributed by atoms with Crippen LogP contribution in [0.3, 0.4) is 0 Å². The molecular weight excluding hydrogens is 220 g/mol. The molecule has 86 valence electrons. The highest BCUT2D eigenvalue weighted by Gasteiger charge is 2.23. The number of amides is 1. The predicted molar refractivity (Wildman–Crippen MR) is 50.3 cm³/mol. The maximum atomic E-state index is 12.0. The van der Waals surface area contributed by atoms with E-state index in [9.17, 15) is 13.6 Å². The number of alkyl halides is 2. The monoisotopic (exact) mass is 229 g/mol. The van der Waals surface area contributed by atoms with Crippen molar-refractivity contribution >= 4 is 6.09 Å². The third-order valence-corrected chi connectivity index (χ3v) is 2.40. The van der Waals surface area contributed by atoms with Crippen LogP contribution in [0.1, 0.15) is 11.1 Å². The summed E-state index contributed by atoms with van der Waals surface area (Å²) in [6, 6.07) is 4.47. The number of fused-ring (bicyclic) bond motifs is 1. The molecule has 1 N–H and O–H groups in total. The van der Waals surface area contributed by atoms with Crippen LogP contribution in [0, 0.1) is 0 Å². The number of nitrogens with zero attached hydrogens (tertiary/aromatic N) is 1. The fourth-order valence-electron chi connectivity index (χ4n) is 1.68. The molecule has 0 spiro atoms. The van der Waals surface area contributed by atoms with Crippen molar-refractivity contribution in [1.82, 2.24) is 4.90 Å². The second-order valence-corrected chi connectivity index (χ2v) is 3.45. The van der Waals surface area contributed by atoms with Crippen LogP contribution in [0.25, 0.3) is 0 Å². The molecule has 16 heavy (non-hydrogen) atoms. The van der Waals surface area contributed by atoms with Crippen LogP contribution in [0.4, 0.5) is 13.6 Å². The number of benzene rings is 1. The summed E-state index contributed by atoms with van der Waals surface area (Å²) in [5, 5.41) is 8.77. The smallest absolute Gasteiger partial charge is 0.407 e. The van der Waals surface area contributed by atoms with Crippen LogP contribution in [0.15, 0.2) is 18.2 Å². The summed E-state index contributed by atoms with van der Waals surface area (Å²) < 4.78 is 28.1. The molecule has 1 amide bonds. The largest absolute Gasteiger partial charge is 0.465 e.